The lowest BCUT2D eigenvalue weighted by molar-refractivity contribution is -0.0442. The molecule has 1 aromatic carbocycles. The summed E-state index contributed by atoms with van der Waals surface area (Å²) >= 11 is 0. The molecule has 3 heteroatoms. The molecule has 0 spiro atoms. The van der Waals surface area contributed by atoms with Gasteiger partial charge >= 0.3 is 0 Å². The summed E-state index contributed by atoms with van der Waals surface area (Å²) in [6.07, 6.45) is -1.43. The fraction of sp³-hybridized carbons (Fsp3) is 0.143. The number of fused-ring (bicyclic) bond motifs is 2. The Hall–Kier alpha value is -1.06. The second-order valence-electron chi connectivity index (χ2n) is 2.18. The third-order valence-corrected chi connectivity index (χ3v) is 1.49. The van der Waals surface area contributed by atoms with Crippen LogP contribution in [0.2, 0.25) is 0 Å². The van der Waals surface area contributed by atoms with Crippen LogP contribution >= 0.6 is 0 Å². The van der Waals surface area contributed by atoms with Crippen molar-refractivity contribution in [1.82, 2.24) is 0 Å². The molecule has 0 aliphatic carbocycles. The van der Waals surface area contributed by atoms with Crippen molar-refractivity contribution in [3.8, 4) is 11.5 Å². The van der Waals surface area contributed by atoms with Crippen LogP contribution in [0.1, 0.15) is 11.9 Å². The molecule has 0 saturated heterocycles. The van der Waals surface area contributed by atoms with Gasteiger partial charge in [-0.25, -0.2) is 0 Å². The third-order valence-electron chi connectivity index (χ3n) is 1.49. The highest BCUT2D eigenvalue weighted by atomic mass is 16.5. The van der Waals surface area contributed by atoms with Crippen LogP contribution in [0, 0.1) is 0 Å². The van der Waals surface area contributed by atoms with Crippen molar-refractivity contribution >= 4 is 0 Å². The predicted molar refractivity (Wildman–Crippen MR) is 33.7 cm³/mol. The zero-order valence-corrected chi connectivity index (χ0v) is 5.11. The van der Waals surface area contributed by atoms with E-state index in [0.29, 0.717) is 11.3 Å². The zero-order chi connectivity index (χ0) is 7.14. The Morgan fingerprint density at radius 2 is 2.00 bits per heavy atom. The molecule has 1 aromatic rings. The normalized spacial score (nSPS) is 12.7. The molecular formula is C7H6O3. The SMILES string of the molecule is OC(O)c1ccc2cc1O2. The minimum atomic E-state index is -1.43. The molecule has 3 rings (SSSR count). The summed E-state index contributed by atoms with van der Waals surface area (Å²) in [5.74, 6) is 1.34. The van der Waals surface area contributed by atoms with Gasteiger partial charge < -0.3 is 14.9 Å². The summed E-state index contributed by atoms with van der Waals surface area (Å²) in [5.41, 5.74) is 0.426. The maximum Gasteiger partial charge on any atom is 0.182 e. The van der Waals surface area contributed by atoms with Gasteiger partial charge in [0.25, 0.3) is 0 Å². The molecule has 10 heavy (non-hydrogen) atoms. The van der Waals surface area contributed by atoms with Crippen LogP contribution in [0.5, 0.6) is 11.5 Å². The molecule has 2 N–H and O–H groups in total. The van der Waals surface area contributed by atoms with E-state index in [4.69, 9.17) is 14.9 Å². The first-order chi connectivity index (χ1) is 4.77. The van der Waals surface area contributed by atoms with E-state index in [2.05, 4.69) is 0 Å². The second kappa shape index (κ2) is 1.71. The van der Waals surface area contributed by atoms with Gasteiger partial charge in [-0.05, 0) is 12.1 Å². The van der Waals surface area contributed by atoms with Crippen LogP contribution in [-0.2, 0) is 0 Å². The molecule has 0 atom stereocenters. The molecule has 0 aromatic heterocycles. The largest absolute Gasteiger partial charge is 0.457 e. The maximum absolute atomic E-state index is 8.71. The molecule has 0 unspecified atom stereocenters. The second-order valence-corrected chi connectivity index (χ2v) is 2.18. The quantitative estimate of drug-likeness (QED) is 0.572. The number of ether oxygens (including phenoxy) is 1. The van der Waals surface area contributed by atoms with Crippen LogP contribution in [0.25, 0.3) is 0 Å². The van der Waals surface area contributed by atoms with Crippen molar-refractivity contribution in [2.24, 2.45) is 0 Å². The van der Waals surface area contributed by atoms with E-state index in [1.54, 1.807) is 18.2 Å². The molecule has 2 heterocycles. The van der Waals surface area contributed by atoms with Gasteiger partial charge in [-0.2, -0.15) is 0 Å². The molecule has 2 aliphatic rings. The summed E-state index contributed by atoms with van der Waals surface area (Å²) < 4.78 is 4.98. The summed E-state index contributed by atoms with van der Waals surface area (Å²) in [6, 6.07) is 5.09. The Balaban J connectivity index is 2.46. The highest BCUT2D eigenvalue weighted by Gasteiger charge is 2.18. The van der Waals surface area contributed by atoms with E-state index < -0.39 is 6.29 Å². The van der Waals surface area contributed by atoms with Crippen LogP contribution in [0.4, 0.5) is 0 Å². The smallest absolute Gasteiger partial charge is 0.182 e. The maximum atomic E-state index is 8.71. The number of hydrogen-bond donors (Lipinski definition) is 2. The number of benzene rings is 1. The average Bonchev–Trinajstić information content (AvgIpc) is 1.86. The van der Waals surface area contributed by atoms with E-state index in [9.17, 15) is 0 Å². The monoisotopic (exact) mass is 138 g/mol. The van der Waals surface area contributed by atoms with Gasteiger partial charge in [0.05, 0.1) is 5.56 Å². The molecule has 0 saturated carbocycles. The minimum absolute atomic E-state index is 0.426. The highest BCUT2D eigenvalue weighted by Crippen LogP contribution is 2.39. The van der Waals surface area contributed by atoms with Gasteiger partial charge in [-0.15, -0.1) is 0 Å². The van der Waals surface area contributed by atoms with Crippen LogP contribution in [0.15, 0.2) is 18.2 Å². The third kappa shape index (κ3) is 0.616. The van der Waals surface area contributed by atoms with Crippen LogP contribution in [-0.4, -0.2) is 10.2 Å². The van der Waals surface area contributed by atoms with Gasteiger partial charge in [0.15, 0.2) is 6.29 Å². The summed E-state index contributed by atoms with van der Waals surface area (Å²) in [4.78, 5) is 0. The summed E-state index contributed by atoms with van der Waals surface area (Å²) in [5, 5.41) is 17.4. The van der Waals surface area contributed by atoms with Gasteiger partial charge in [0.1, 0.15) is 11.5 Å². The van der Waals surface area contributed by atoms with Gasteiger partial charge in [-0.3, -0.25) is 0 Å². The van der Waals surface area contributed by atoms with Crippen molar-refractivity contribution in [1.29, 1.82) is 0 Å². The predicted octanol–water partition coefficient (Wildman–Crippen LogP) is 0.775. The number of hydrogen-bond acceptors (Lipinski definition) is 3. The lowest BCUT2D eigenvalue weighted by Crippen LogP contribution is -2.04. The first-order valence-corrected chi connectivity index (χ1v) is 2.95. The molecular weight excluding hydrogens is 132 g/mol. The van der Waals surface area contributed by atoms with Crippen molar-refractivity contribution < 1.29 is 14.9 Å². The van der Waals surface area contributed by atoms with Crippen molar-refractivity contribution in [3.63, 3.8) is 0 Å². The lowest BCUT2D eigenvalue weighted by Gasteiger charge is -2.20. The Kier molecular flexibility index (Phi) is 0.977. The summed E-state index contributed by atoms with van der Waals surface area (Å²) in [6.45, 7) is 0. The van der Waals surface area contributed by atoms with Crippen molar-refractivity contribution in [2.45, 2.75) is 6.29 Å². The van der Waals surface area contributed by atoms with E-state index in [1.165, 1.54) is 0 Å². The van der Waals surface area contributed by atoms with Crippen LogP contribution in [0.3, 0.4) is 0 Å². The van der Waals surface area contributed by atoms with Gasteiger partial charge in [0.2, 0.25) is 0 Å². The molecule has 2 aliphatic heterocycles. The first kappa shape index (κ1) is 5.70. The first-order valence-electron chi connectivity index (χ1n) is 2.95. The zero-order valence-electron chi connectivity index (χ0n) is 5.11. The van der Waals surface area contributed by atoms with E-state index in [1.807, 2.05) is 0 Å². The van der Waals surface area contributed by atoms with Crippen molar-refractivity contribution in [2.75, 3.05) is 0 Å². The number of aliphatic hydroxyl groups excluding tert-OH is 1. The van der Waals surface area contributed by atoms with E-state index in [0.717, 1.165) is 5.75 Å². The minimum Gasteiger partial charge on any atom is -0.457 e. The fourth-order valence-electron chi connectivity index (χ4n) is 0.949. The molecule has 52 valence electrons. The van der Waals surface area contributed by atoms with Crippen molar-refractivity contribution in [3.05, 3.63) is 23.8 Å². The van der Waals surface area contributed by atoms with E-state index >= 15 is 0 Å². The number of aliphatic hydroxyl groups is 2. The topological polar surface area (TPSA) is 49.7 Å². The number of rotatable bonds is 1. The molecule has 2 bridgehead atoms. The molecule has 0 amide bonds. The highest BCUT2D eigenvalue weighted by molar-refractivity contribution is 5.50. The van der Waals surface area contributed by atoms with Gasteiger partial charge in [-0.1, -0.05) is 0 Å². The van der Waals surface area contributed by atoms with Crippen LogP contribution < -0.4 is 4.74 Å². The molecule has 3 nitrogen and oxygen atoms in total. The van der Waals surface area contributed by atoms with Gasteiger partial charge in [0, 0.05) is 6.07 Å². The molecule has 0 radical (unpaired) electrons. The summed E-state index contributed by atoms with van der Waals surface area (Å²) in [7, 11) is 0. The van der Waals surface area contributed by atoms with E-state index in [-0.39, 0.29) is 0 Å². The standard InChI is InChI=1S/C7H6O3/c8-7(9)5-2-1-4-3-6(5)10-4/h1-3,7-9H. The average molecular weight is 138 g/mol. The Bertz CT molecular complexity index is 264. The fourth-order valence-corrected chi connectivity index (χ4v) is 0.949. The lowest BCUT2D eigenvalue weighted by atomic mass is 10.1. The Morgan fingerprint density at radius 1 is 1.30 bits per heavy atom. The Labute approximate surface area is 57.5 Å². The Morgan fingerprint density at radius 3 is 2.30 bits per heavy atom. The molecule has 0 fully saturated rings.